The Morgan fingerprint density at radius 2 is 1.85 bits per heavy atom. The molecule has 1 aromatic carbocycles. The molecule has 4 aromatic rings. The van der Waals surface area contributed by atoms with Crippen molar-refractivity contribution in [2.75, 3.05) is 19.8 Å². The van der Waals surface area contributed by atoms with Crippen molar-refractivity contribution in [2.24, 2.45) is 5.92 Å². The topological polar surface area (TPSA) is 129 Å². The maximum atomic E-state index is 11.9. The quantitative estimate of drug-likeness (QED) is 0.460. The minimum atomic E-state index is -0.0429. The number of carbonyl (C=O) groups excluding carboxylic acids is 1. The predicted octanol–water partition coefficient (Wildman–Crippen LogP) is 2.60. The molecule has 0 spiro atoms. The van der Waals surface area contributed by atoms with Crippen molar-refractivity contribution >= 4 is 11.9 Å². The fourth-order valence-corrected chi connectivity index (χ4v) is 3.75. The number of hydrogen-bond acceptors (Lipinski definition) is 8. The number of nitrogens with two attached hydrogens (primary N) is 1. The van der Waals surface area contributed by atoms with Crippen LogP contribution in [0.2, 0.25) is 0 Å². The molecule has 1 aliphatic rings. The van der Waals surface area contributed by atoms with Gasteiger partial charge in [0.05, 0.1) is 17.7 Å². The number of hydrogen-bond donors (Lipinski definition) is 1. The van der Waals surface area contributed by atoms with E-state index in [0.717, 1.165) is 29.5 Å². The minimum absolute atomic E-state index is 0.0429. The number of carbonyl (C=O) groups is 1. The van der Waals surface area contributed by atoms with Gasteiger partial charge in [-0.05, 0) is 29.9 Å². The molecule has 0 radical (unpaired) electrons. The van der Waals surface area contributed by atoms with Crippen LogP contribution in [0.15, 0.2) is 53.6 Å². The lowest BCUT2D eigenvalue weighted by Gasteiger charge is -2.13. The van der Waals surface area contributed by atoms with Crippen molar-refractivity contribution in [3.8, 4) is 22.6 Å². The summed E-state index contributed by atoms with van der Waals surface area (Å²) in [5.41, 5.74) is 9.33. The molecular weight excluding hydrogens is 420 g/mol. The molecule has 10 heteroatoms. The molecule has 5 rings (SSSR count). The second kappa shape index (κ2) is 8.45. The Morgan fingerprint density at radius 3 is 2.52 bits per heavy atom. The fourth-order valence-electron chi connectivity index (χ4n) is 3.75. The first kappa shape index (κ1) is 20.8. The first-order chi connectivity index (χ1) is 16.0. The maximum Gasteiger partial charge on any atom is 0.261 e. The van der Waals surface area contributed by atoms with Gasteiger partial charge in [-0.3, -0.25) is 9.48 Å². The molecule has 0 bridgehead atoms. The normalized spacial score (nSPS) is 14.2. The molecule has 1 atom stereocenters. The van der Waals surface area contributed by atoms with Gasteiger partial charge in [0, 0.05) is 38.2 Å². The summed E-state index contributed by atoms with van der Waals surface area (Å²) in [5, 5.41) is 8.53. The third kappa shape index (κ3) is 4.45. The Kier molecular flexibility index (Phi) is 5.33. The number of aromatic nitrogens is 6. The highest BCUT2D eigenvalue weighted by atomic mass is 16.5. The van der Waals surface area contributed by atoms with E-state index in [2.05, 4.69) is 37.3 Å². The predicted molar refractivity (Wildman–Crippen MR) is 121 cm³/mol. The summed E-state index contributed by atoms with van der Waals surface area (Å²) < 4.78 is 7.13. The van der Waals surface area contributed by atoms with Gasteiger partial charge in [0.25, 0.3) is 5.89 Å². The number of anilines is 1. The molecular formula is C23H24N8O2. The van der Waals surface area contributed by atoms with Crippen molar-refractivity contribution in [3.05, 3.63) is 60.4 Å². The van der Waals surface area contributed by atoms with Gasteiger partial charge < -0.3 is 15.2 Å². The van der Waals surface area contributed by atoms with Crippen LogP contribution in [0.1, 0.15) is 30.1 Å². The van der Waals surface area contributed by atoms with Gasteiger partial charge in [-0.2, -0.15) is 10.1 Å². The van der Waals surface area contributed by atoms with Crippen molar-refractivity contribution in [2.45, 2.75) is 25.3 Å². The largest absolute Gasteiger partial charge is 0.368 e. The molecule has 0 aliphatic heterocycles. The van der Waals surface area contributed by atoms with Crippen LogP contribution in [0.25, 0.3) is 22.6 Å². The standard InChI is InChI=1S/C23H24N8O2/c1-30(2)19(32)13-31-12-18(11-27-31)22-28-21(29-33-22)20(16-7-8-16)15-5-3-14(4-6-15)17-9-25-23(24)26-10-17/h3-6,9-12,16,20H,7-8,13H2,1-2H3,(H2,24,25,26). The van der Waals surface area contributed by atoms with E-state index in [1.165, 1.54) is 4.90 Å². The third-order valence-corrected chi connectivity index (χ3v) is 5.76. The number of nitrogens with zero attached hydrogens (tertiary/aromatic N) is 7. The van der Waals surface area contributed by atoms with Crippen molar-refractivity contribution in [1.29, 1.82) is 0 Å². The van der Waals surface area contributed by atoms with Gasteiger partial charge in [-0.1, -0.05) is 29.4 Å². The van der Waals surface area contributed by atoms with Crippen LogP contribution < -0.4 is 5.73 Å². The van der Waals surface area contributed by atoms with E-state index in [-0.39, 0.29) is 24.3 Å². The minimum Gasteiger partial charge on any atom is -0.368 e. The Balaban J connectivity index is 1.36. The van der Waals surface area contributed by atoms with E-state index in [4.69, 9.17) is 10.3 Å². The van der Waals surface area contributed by atoms with Gasteiger partial charge in [-0.15, -0.1) is 0 Å². The van der Waals surface area contributed by atoms with E-state index < -0.39 is 0 Å². The average Bonchev–Trinajstić information content (AvgIpc) is 3.33. The monoisotopic (exact) mass is 444 g/mol. The lowest BCUT2D eigenvalue weighted by molar-refractivity contribution is -0.129. The van der Waals surface area contributed by atoms with Crippen LogP contribution in [0, 0.1) is 5.92 Å². The van der Waals surface area contributed by atoms with E-state index in [9.17, 15) is 4.79 Å². The van der Waals surface area contributed by atoms with Crippen LogP contribution >= 0.6 is 0 Å². The van der Waals surface area contributed by atoms with Crippen LogP contribution in [-0.4, -0.2) is 54.8 Å². The number of benzene rings is 1. The summed E-state index contributed by atoms with van der Waals surface area (Å²) in [6.45, 7) is 0.157. The molecule has 1 saturated carbocycles. The van der Waals surface area contributed by atoms with Crippen LogP contribution in [0.5, 0.6) is 0 Å². The maximum absolute atomic E-state index is 11.9. The molecule has 0 saturated heterocycles. The number of nitrogen functional groups attached to an aromatic ring is 1. The van der Waals surface area contributed by atoms with E-state index in [0.29, 0.717) is 23.2 Å². The van der Waals surface area contributed by atoms with Crippen molar-refractivity contribution in [1.82, 2.24) is 34.8 Å². The molecule has 10 nitrogen and oxygen atoms in total. The smallest absolute Gasteiger partial charge is 0.261 e. The van der Waals surface area contributed by atoms with Gasteiger partial charge in [0.2, 0.25) is 11.9 Å². The first-order valence-electron chi connectivity index (χ1n) is 10.7. The van der Waals surface area contributed by atoms with Crippen LogP contribution in [-0.2, 0) is 11.3 Å². The number of rotatable bonds is 7. The van der Waals surface area contributed by atoms with E-state index in [1.807, 2.05) is 12.1 Å². The van der Waals surface area contributed by atoms with Gasteiger partial charge >= 0.3 is 0 Å². The second-order valence-corrected chi connectivity index (χ2v) is 8.44. The molecule has 1 unspecified atom stereocenters. The lowest BCUT2D eigenvalue weighted by Crippen LogP contribution is -2.26. The molecule has 1 amide bonds. The molecule has 33 heavy (non-hydrogen) atoms. The Morgan fingerprint density at radius 1 is 1.12 bits per heavy atom. The number of amides is 1. The molecule has 1 aliphatic carbocycles. The highest BCUT2D eigenvalue weighted by molar-refractivity contribution is 5.75. The van der Waals surface area contributed by atoms with Gasteiger partial charge in [0.1, 0.15) is 6.54 Å². The SMILES string of the molecule is CN(C)C(=O)Cn1cc(-c2nc(C(c3ccc(-c4cnc(N)nc4)cc3)C3CC3)no2)cn1. The second-order valence-electron chi connectivity index (χ2n) is 8.44. The highest BCUT2D eigenvalue weighted by Gasteiger charge is 2.36. The third-order valence-electron chi connectivity index (χ3n) is 5.76. The van der Waals surface area contributed by atoms with Crippen molar-refractivity contribution in [3.63, 3.8) is 0 Å². The summed E-state index contributed by atoms with van der Waals surface area (Å²) in [5.74, 6) is 1.82. The zero-order valence-corrected chi connectivity index (χ0v) is 18.4. The van der Waals surface area contributed by atoms with Crippen molar-refractivity contribution < 1.29 is 9.32 Å². The van der Waals surface area contributed by atoms with E-state index in [1.54, 1.807) is 43.6 Å². The molecule has 2 N–H and O–H groups in total. The summed E-state index contributed by atoms with van der Waals surface area (Å²) >= 11 is 0. The van der Waals surface area contributed by atoms with Crippen LogP contribution in [0.4, 0.5) is 5.95 Å². The van der Waals surface area contributed by atoms with Gasteiger partial charge in [0.15, 0.2) is 5.82 Å². The Hall–Kier alpha value is -4.08. The summed E-state index contributed by atoms with van der Waals surface area (Å²) in [6.07, 6.45) is 9.07. The zero-order chi connectivity index (χ0) is 22.9. The average molecular weight is 444 g/mol. The first-order valence-corrected chi connectivity index (χ1v) is 10.7. The lowest BCUT2D eigenvalue weighted by atomic mass is 9.92. The number of likely N-dealkylation sites (N-methyl/N-ethyl adjacent to an activating group) is 1. The van der Waals surface area contributed by atoms with E-state index >= 15 is 0 Å². The fraction of sp³-hybridized carbons (Fsp3) is 0.304. The van der Waals surface area contributed by atoms with Crippen LogP contribution in [0.3, 0.4) is 0 Å². The zero-order valence-electron chi connectivity index (χ0n) is 18.4. The summed E-state index contributed by atoms with van der Waals surface area (Å²) in [7, 11) is 3.43. The molecule has 1 fully saturated rings. The Bertz CT molecular complexity index is 1260. The molecule has 3 heterocycles. The summed E-state index contributed by atoms with van der Waals surface area (Å²) in [4.78, 5) is 26.2. The Labute approximate surface area is 190 Å². The summed E-state index contributed by atoms with van der Waals surface area (Å²) in [6, 6.07) is 8.28. The molecule has 3 aromatic heterocycles. The molecule has 168 valence electrons. The highest BCUT2D eigenvalue weighted by Crippen LogP contribution is 2.46. The van der Waals surface area contributed by atoms with Gasteiger partial charge in [-0.25, -0.2) is 9.97 Å².